The molecule has 2 aliphatic heterocycles. The summed E-state index contributed by atoms with van der Waals surface area (Å²) in [6.45, 7) is 0.823. The molecule has 0 aromatic carbocycles. The minimum absolute atomic E-state index is 0.0928. The van der Waals surface area contributed by atoms with Crippen LogP contribution in [0.15, 0.2) is 0 Å². The van der Waals surface area contributed by atoms with Gasteiger partial charge in [-0.15, -0.1) is 11.6 Å². The van der Waals surface area contributed by atoms with Crippen LogP contribution in [0.2, 0.25) is 0 Å². The van der Waals surface area contributed by atoms with E-state index in [-0.39, 0.29) is 11.7 Å². The predicted octanol–water partition coefficient (Wildman–Crippen LogP) is 2.67. The highest BCUT2D eigenvalue weighted by molar-refractivity contribution is 7.99. The summed E-state index contributed by atoms with van der Waals surface area (Å²) in [6, 6.07) is 0. The molecule has 0 amide bonds. The number of hydrogen-bond donors (Lipinski definition) is 1. The zero-order valence-corrected chi connectivity index (χ0v) is 11.2. The summed E-state index contributed by atoms with van der Waals surface area (Å²) < 4.78 is 5.95. The summed E-state index contributed by atoms with van der Waals surface area (Å²) >= 11 is 7.65. The van der Waals surface area contributed by atoms with Gasteiger partial charge < -0.3 is 9.84 Å². The molecule has 2 saturated heterocycles. The second-order valence-electron chi connectivity index (χ2n) is 4.99. The van der Waals surface area contributed by atoms with Crippen LogP contribution in [-0.4, -0.2) is 40.8 Å². The van der Waals surface area contributed by atoms with Crippen molar-refractivity contribution in [2.75, 3.05) is 24.0 Å². The number of aliphatic hydroxyl groups excluding tert-OH is 1. The first-order chi connectivity index (χ1) is 7.76. The topological polar surface area (TPSA) is 29.5 Å². The number of halogens is 1. The highest BCUT2D eigenvalue weighted by Crippen LogP contribution is 2.41. The molecule has 0 aliphatic carbocycles. The first-order valence-electron chi connectivity index (χ1n) is 6.21. The maximum atomic E-state index is 10.1. The molecule has 1 N–H and O–H groups in total. The van der Waals surface area contributed by atoms with Crippen molar-refractivity contribution in [3.63, 3.8) is 0 Å². The van der Waals surface area contributed by atoms with Crippen LogP contribution in [0.3, 0.4) is 0 Å². The quantitative estimate of drug-likeness (QED) is 0.792. The molecule has 94 valence electrons. The van der Waals surface area contributed by atoms with Gasteiger partial charge in [-0.1, -0.05) is 0 Å². The Hall–Kier alpha value is 0.560. The van der Waals surface area contributed by atoms with Crippen molar-refractivity contribution < 1.29 is 9.84 Å². The molecule has 2 heterocycles. The molecule has 0 saturated carbocycles. The SMILES string of the molecule is OC(CCCCl)C1CCOC2(CCSC2)C1. The molecule has 2 nitrogen and oxygen atoms in total. The molecular formula is C12H21ClO2S. The van der Waals surface area contributed by atoms with Crippen molar-refractivity contribution in [3.8, 4) is 0 Å². The van der Waals surface area contributed by atoms with Crippen LogP contribution >= 0.6 is 23.4 Å². The Morgan fingerprint density at radius 2 is 2.44 bits per heavy atom. The van der Waals surface area contributed by atoms with Gasteiger partial charge in [0.2, 0.25) is 0 Å². The van der Waals surface area contributed by atoms with Gasteiger partial charge in [0, 0.05) is 18.2 Å². The fourth-order valence-electron chi connectivity index (χ4n) is 2.78. The van der Waals surface area contributed by atoms with Gasteiger partial charge in [-0.05, 0) is 43.8 Å². The molecule has 3 unspecified atom stereocenters. The van der Waals surface area contributed by atoms with E-state index in [1.54, 1.807) is 0 Å². The molecule has 2 aliphatic rings. The predicted molar refractivity (Wildman–Crippen MR) is 69.3 cm³/mol. The summed E-state index contributed by atoms with van der Waals surface area (Å²) in [5, 5.41) is 10.1. The fraction of sp³-hybridized carbons (Fsp3) is 1.00. The van der Waals surface area contributed by atoms with Crippen molar-refractivity contribution in [2.24, 2.45) is 5.92 Å². The summed E-state index contributed by atoms with van der Waals surface area (Å²) in [5.41, 5.74) is 0.0928. The average Bonchev–Trinajstić information content (AvgIpc) is 2.74. The Bertz CT molecular complexity index is 219. The van der Waals surface area contributed by atoms with E-state index >= 15 is 0 Å². The van der Waals surface area contributed by atoms with Crippen LogP contribution < -0.4 is 0 Å². The van der Waals surface area contributed by atoms with Gasteiger partial charge in [-0.2, -0.15) is 11.8 Å². The number of thioether (sulfide) groups is 1. The zero-order valence-electron chi connectivity index (χ0n) is 9.66. The Kier molecular flexibility index (Phi) is 4.83. The van der Waals surface area contributed by atoms with E-state index < -0.39 is 0 Å². The molecular weight excluding hydrogens is 244 g/mol. The smallest absolute Gasteiger partial charge is 0.0783 e. The number of aliphatic hydroxyl groups is 1. The molecule has 2 fully saturated rings. The van der Waals surface area contributed by atoms with Gasteiger partial charge in [0.1, 0.15) is 0 Å². The largest absolute Gasteiger partial charge is 0.393 e. The maximum Gasteiger partial charge on any atom is 0.0783 e. The fourth-order valence-corrected chi connectivity index (χ4v) is 4.31. The first-order valence-corrected chi connectivity index (χ1v) is 7.90. The lowest BCUT2D eigenvalue weighted by Gasteiger charge is -2.39. The highest BCUT2D eigenvalue weighted by Gasteiger charge is 2.41. The lowest BCUT2D eigenvalue weighted by atomic mass is 9.81. The monoisotopic (exact) mass is 264 g/mol. The lowest BCUT2D eigenvalue weighted by Crippen LogP contribution is -2.43. The van der Waals surface area contributed by atoms with E-state index in [4.69, 9.17) is 16.3 Å². The second kappa shape index (κ2) is 5.94. The molecule has 0 radical (unpaired) electrons. The maximum absolute atomic E-state index is 10.1. The molecule has 0 aromatic rings. The van der Waals surface area contributed by atoms with Gasteiger partial charge >= 0.3 is 0 Å². The van der Waals surface area contributed by atoms with Crippen molar-refractivity contribution in [1.82, 2.24) is 0 Å². The summed E-state index contributed by atoms with van der Waals surface area (Å²) in [4.78, 5) is 0. The van der Waals surface area contributed by atoms with Gasteiger partial charge in [0.05, 0.1) is 11.7 Å². The average molecular weight is 265 g/mol. The summed E-state index contributed by atoms with van der Waals surface area (Å²) in [7, 11) is 0. The second-order valence-corrected chi connectivity index (χ2v) is 6.47. The number of ether oxygens (including phenoxy) is 1. The van der Waals surface area contributed by atoms with Crippen molar-refractivity contribution >= 4 is 23.4 Å². The molecule has 0 bridgehead atoms. The molecule has 3 atom stereocenters. The van der Waals surface area contributed by atoms with Gasteiger partial charge in [-0.25, -0.2) is 0 Å². The lowest BCUT2D eigenvalue weighted by molar-refractivity contribution is -0.102. The number of alkyl halides is 1. The van der Waals surface area contributed by atoms with Gasteiger partial charge in [0.25, 0.3) is 0 Å². The molecule has 4 heteroatoms. The van der Waals surface area contributed by atoms with E-state index in [2.05, 4.69) is 0 Å². The van der Waals surface area contributed by atoms with Crippen LogP contribution in [0.4, 0.5) is 0 Å². The van der Waals surface area contributed by atoms with Crippen molar-refractivity contribution in [1.29, 1.82) is 0 Å². The number of hydrogen-bond acceptors (Lipinski definition) is 3. The number of rotatable bonds is 4. The molecule has 0 aromatic heterocycles. The van der Waals surface area contributed by atoms with E-state index in [1.807, 2.05) is 11.8 Å². The first kappa shape index (κ1) is 13.0. The van der Waals surface area contributed by atoms with Crippen molar-refractivity contribution in [3.05, 3.63) is 0 Å². The van der Waals surface area contributed by atoms with Crippen LogP contribution in [-0.2, 0) is 4.74 Å². The highest BCUT2D eigenvalue weighted by atomic mass is 35.5. The van der Waals surface area contributed by atoms with Crippen LogP contribution in [0, 0.1) is 5.92 Å². The van der Waals surface area contributed by atoms with Gasteiger partial charge in [-0.3, -0.25) is 0 Å². The summed E-state index contributed by atoms with van der Waals surface area (Å²) in [6.07, 6.45) is 4.81. The third-order valence-corrected chi connectivity index (χ3v) is 5.27. The van der Waals surface area contributed by atoms with Gasteiger partial charge in [0.15, 0.2) is 0 Å². The van der Waals surface area contributed by atoms with Crippen LogP contribution in [0.1, 0.15) is 32.1 Å². The minimum Gasteiger partial charge on any atom is -0.393 e. The normalized spacial score (nSPS) is 36.8. The van der Waals surface area contributed by atoms with E-state index in [9.17, 15) is 5.11 Å². The molecule has 2 rings (SSSR count). The third-order valence-electron chi connectivity index (χ3n) is 3.78. The van der Waals surface area contributed by atoms with Crippen molar-refractivity contribution in [2.45, 2.75) is 43.8 Å². The molecule has 1 spiro atoms. The Labute approximate surface area is 107 Å². The van der Waals surface area contributed by atoms with E-state index in [0.717, 1.165) is 44.5 Å². The zero-order chi connectivity index (χ0) is 11.4. The minimum atomic E-state index is -0.176. The van der Waals surface area contributed by atoms with E-state index in [1.165, 1.54) is 5.75 Å². The molecule has 16 heavy (non-hydrogen) atoms. The Morgan fingerprint density at radius 1 is 1.56 bits per heavy atom. The third kappa shape index (κ3) is 3.06. The summed E-state index contributed by atoms with van der Waals surface area (Å²) in [5.74, 6) is 3.41. The Morgan fingerprint density at radius 3 is 3.12 bits per heavy atom. The van der Waals surface area contributed by atoms with Crippen LogP contribution in [0.5, 0.6) is 0 Å². The Balaban J connectivity index is 1.85. The van der Waals surface area contributed by atoms with Crippen LogP contribution in [0.25, 0.3) is 0 Å². The standard InChI is InChI=1S/C12H21ClO2S/c13-5-1-2-11(14)10-3-6-15-12(8-10)4-7-16-9-12/h10-11,14H,1-9H2. The van der Waals surface area contributed by atoms with E-state index in [0.29, 0.717) is 11.8 Å².